The Hall–Kier alpha value is -5.76. The first-order valence-electron chi connectivity index (χ1n) is 12.4. The molecule has 0 unspecified atom stereocenters. The molecule has 1 N–H and O–H groups in total. The lowest BCUT2D eigenvalue weighted by Crippen LogP contribution is -2.17. The van der Waals surface area contributed by atoms with Crippen LogP contribution < -0.4 is 0 Å². The molecule has 0 saturated carbocycles. The van der Waals surface area contributed by atoms with E-state index in [-0.39, 0.29) is 11.3 Å². The third-order valence-corrected chi connectivity index (χ3v) is 6.58. The highest BCUT2D eigenvalue weighted by Gasteiger charge is 2.20. The standard InChI is InChI=1S/C32H21N3O5/c36-30(21-9-3-1-4-10-21)23-14-16-28-26(20-23)25-19-22(13-15-27(25)35(28)24-11-5-2-6-12-24)29(31(37)38)33-40-32(39)34-17-7-8-18-34/h1-20H,(H,37,38)/b33-29-. The van der Waals surface area contributed by atoms with Gasteiger partial charge in [0.15, 0.2) is 11.5 Å². The molecule has 2 aromatic heterocycles. The molecule has 0 aliphatic heterocycles. The molecule has 8 heteroatoms. The molecule has 0 spiro atoms. The number of hydrogen-bond donors (Lipinski definition) is 1. The van der Waals surface area contributed by atoms with Crippen molar-refractivity contribution in [1.29, 1.82) is 0 Å². The largest absolute Gasteiger partial charge is 0.476 e. The quantitative estimate of drug-likeness (QED) is 0.119. The van der Waals surface area contributed by atoms with Gasteiger partial charge in [-0.3, -0.25) is 14.2 Å². The number of carbonyl (C=O) groups excluding carboxylic acids is 2. The summed E-state index contributed by atoms with van der Waals surface area (Å²) in [5.41, 5.74) is 3.44. The van der Waals surface area contributed by atoms with E-state index >= 15 is 0 Å². The number of aliphatic carboxylic acids is 1. The number of ketones is 1. The molecular weight excluding hydrogens is 506 g/mol. The van der Waals surface area contributed by atoms with Crippen LogP contribution in [0.3, 0.4) is 0 Å². The van der Waals surface area contributed by atoms with Crippen molar-refractivity contribution in [2.24, 2.45) is 5.16 Å². The Morgan fingerprint density at radius 2 is 1.23 bits per heavy atom. The molecule has 194 valence electrons. The lowest BCUT2D eigenvalue weighted by molar-refractivity contribution is -0.129. The van der Waals surface area contributed by atoms with Crippen LogP contribution in [-0.4, -0.2) is 37.8 Å². The van der Waals surface area contributed by atoms with Crippen LogP contribution in [0.2, 0.25) is 0 Å². The molecule has 6 aromatic rings. The second-order valence-electron chi connectivity index (χ2n) is 9.02. The summed E-state index contributed by atoms with van der Waals surface area (Å²) in [5.74, 6) is -1.48. The van der Waals surface area contributed by atoms with Crippen LogP contribution in [0.1, 0.15) is 21.5 Å². The molecule has 0 amide bonds. The van der Waals surface area contributed by atoms with Gasteiger partial charge in [-0.15, -0.1) is 0 Å². The number of fused-ring (bicyclic) bond motifs is 3. The van der Waals surface area contributed by atoms with Gasteiger partial charge in [0.05, 0.1) is 11.0 Å². The van der Waals surface area contributed by atoms with E-state index in [1.165, 1.54) is 12.4 Å². The minimum Gasteiger partial charge on any atom is -0.476 e. The molecule has 0 atom stereocenters. The summed E-state index contributed by atoms with van der Waals surface area (Å²) >= 11 is 0. The van der Waals surface area contributed by atoms with E-state index in [1.807, 2.05) is 60.7 Å². The fourth-order valence-electron chi connectivity index (χ4n) is 4.73. The van der Waals surface area contributed by atoms with Crippen LogP contribution in [0.5, 0.6) is 0 Å². The van der Waals surface area contributed by atoms with E-state index in [2.05, 4.69) is 9.72 Å². The summed E-state index contributed by atoms with van der Waals surface area (Å²) < 4.78 is 3.19. The topological polar surface area (TPSA) is 103 Å². The number of nitrogens with zero attached hydrogens (tertiary/aromatic N) is 3. The van der Waals surface area contributed by atoms with Crippen LogP contribution >= 0.6 is 0 Å². The van der Waals surface area contributed by atoms with Gasteiger partial charge in [-0.25, -0.2) is 9.59 Å². The van der Waals surface area contributed by atoms with E-state index in [0.717, 1.165) is 26.7 Å². The maximum Gasteiger partial charge on any atom is 0.444 e. The maximum absolute atomic E-state index is 13.3. The molecule has 2 heterocycles. The first-order valence-corrected chi connectivity index (χ1v) is 12.4. The maximum atomic E-state index is 13.3. The zero-order valence-corrected chi connectivity index (χ0v) is 21.0. The number of hydrogen-bond acceptors (Lipinski definition) is 5. The predicted molar refractivity (Wildman–Crippen MR) is 151 cm³/mol. The molecule has 0 saturated heterocycles. The van der Waals surface area contributed by atoms with Crippen molar-refractivity contribution in [3.05, 3.63) is 138 Å². The van der Waals surface area contributed by atoms with Crippen molar-refractivity contribution in [2.75, 3.05) is 0 Å². The van der Waals surface area contributed by atoms with E-state index in [9.17, 15) is 19.5 Å². The van der Waals surface area contributed by atoms with Crippen LogP contribution in [0.25, 0.3) is 27.5 Å². The molecule has 6 rings (SSSR count). The van der Waals surface area contributed by atoms with Crippen molar-refractivity contribution in [3.8, 4) is 5.69 Å². The number of carboxylic acids is 1. The van der Waals surface area contributed by atoms with Gasteiger partial charge in [-0.1, -0.05) is 59.8 Å². The highest BCUT2D eigenvalue weighted by molar-refractivity contribution is 6.43. The number of aromatic nitrogens is 2. The van der Waals surface area contributed by atoms with Crippen LogP contribution in [-0.2, 0) is 9.63 Å². The average Bonchev–Trinajstić information content (AvgIpc) is 3.64. The third-order valence-electron chi connectivity index (χ3n) is 6.58. The molecule has 8 nitrogen and oxygen atoms in total. The van der Waals surface area contributed by atoms with Crippen LogP contribution in [0.4, 0.5) is 4.79 Å². The van der Waals surface area contributed by atoms with Gasteiger partial charge in [0.25, 0.3) is 0 Å². The van der Waals surface area contributed by atoms with Gasteiger partial charge in [0.1, 0.15) is 0 Å². The van der Waals surface area contributed by atoms with Gasteiger partial charge in [0, 0.05) is 45.5 Å². The molecular formula is C32H21N3O5. The number of para-hydroxylation sites is 1. The lowest BCUT2D eigenvalue weighted by atomic mass is 10.0. The number of carbonyl (C=O) groups is 3. The van der Waals surface area contributed by atoms with E-state index in [4.69, 9.17) is 4.84 Å². The molecule has 4 aromatic carbocycles. The summed E-state index contributed by atoms with van der Waals surface area (Å²) in [6.45, 7) is 0. The second kappa shape index (κ2) is 10.2. The first-order chi connectivity index (χ1) is 19.5. The normalized spacial score (nSPS) is 11.6. The lowest BCUT2D eigenvalue weighted by Gasteiger charge is -2.08. The Labute approximate surface area is 228 Å². The Balaban J connectivity index is 1.52. The fourth-order valence-corrected chi connectivity index (χ4v) is 4.73. The van der Waals surface area contributed by atoms with E-state index < -0.39 is 17.8 Å². The second-order valence-corrected chi connectivity index (χ2v) is 9.02. The number of oxime groups is 1. The zero-order chi connectivity index (χ0) is 27.6. The average molecular weight is 528 g/mol. The van der Waals surface area contributed by atoms with Crippen molar-refractivity contribution < 1.29 is 24.3 Å². The smallest absolute Gasteiger partial charge is 0.444 e. The number of rotatable bonds is 6. The van der Waals surface area contributed by atoms with Crippen molar-refractivity contribution in [1.82, 2.24) is 9.13 Å². The summed E-state index contributed by atoms with van der Waals surface area (Å²) in [6, 6.07) is 32.6. The predicted octanol–water partition coefficient (Wildman–Crippen LogP) is 6.29. The molecule has 40 heavy (non-hydrogen) atoms. The summed E-state index contributed by atoms with van der Waals surface area (Å²) in [5, 5.41) is 15.0. The molecule has 0 fully saturated rings. The number of carboxylic acid groups (broad SMARTS) is 1. The Morgan fingerprint density at radius 1 is 0.650 bits per heavy atom. The summed E-state index contributed by atoms with van der Waals surface area (Å²) in [6.07, 6.45) is 2.10. The third kappa shape index (κ3) is 4.43. The van der Waals surface area contributed by atoms with Crippen molar-refractivity contribution in [3.63, 3.8) is 0 Å². The minimum atomic E-state index is -1.36. The summed E-state index contributed by atoms with van der Waals surface area (Å²) in [7, 11) is 0. The van der Waals surface area contributed by atoms with E-state index in [0.29, 0.717) is 16.5 Å². The van der Waals surface area contributed by atoms with Crippen LogP contribution in [0.15, 0.2) is 127 Å². The van der Waals surface area contributed by atoms with Crippen molar-refractivity contribution >= 4 is 45.4 Å². The number of benzene rings is 4. The monoisotopic (exact) mass is 527 g/mol. The van der Waals surface area contributed by atoms with Gasteiger partial charge in [-0.05, 0) is 54.6 Å². The summed E-state index contributed by atoms with van der Waals surface area (Å²) in [4.78, 5) is 42.6. The Kier molecular flexibility index (Phi) is 6.26. The van der Waals surface area contributed by atoms with Crippen molar-refractivity contribution in [2.45, 2.75) is 0 Å². The van der Waals surface area contributed by atoms with Gasteiger partial charge >= 0.3 is 12.1 Å². The highest BCUT2D eigenvalue weighted by atomic mass is 16.7. The molecule has 0 radical (unpaired) electrons. The zero-order valence-electron chi connectivity index (χ0n) is 21.0. The fraction of sp³-hybridized carbons (Fsp3) is 0. The molecule has 0 aliphatic rings. The van der Waals surface area contributed by atoms with Gasteiger partial charge < -0.3 is 9.67 Å². The van der Waals surface area contributed by atoms with Crippen LogP contribution in [0, 0.1) is 0 Å². The molecule has 0 aliphatic carbocycles. The highest BCUT2D eigenvalue weighted by Crippen LogP contribution is 2.34. The SMILES string of the molecule is O=C(O)/C(=N\OC(=O)n1cccc1)c1ccc2c(c1)c1cc(C(=O)c3ccccc3)ccc1n2-c1ccccc1. The van der Waals surface area contributed by atoms with Gasteiger partial charge in [0.2, 0.25) is 0 Å². The first kappa shape index (κ1) is 24.6. The Bertz CT molecular complexity index is 1920. The van der Waals surface area contributed by atoms with Gasteiger partial charge in [-0.2, -0.15) is 0 Å². The minimum absolute atomic E-state index is 0.121. The van der Waals surface area contributed by atoms with E-state index in [1.54, 1.807) is 48.5 Å². The molecule has 0 bridgehead atoms. The Morgan fingerprint density at radius 3 is 1.85 bits per heavy atom.